The van der Waals surface area contributed by atoms with Gasteiger partial charge in [0.1, 0.15) is 10.8 Å². The van der Waals surface area contributed by atoms with Crippen molar-refractivity contribution < 1.29 is 27.6 Å². The summed E-state index contributed by atoms with van der Waals surface area (Å²) in [5.74, 6) is -3.29. The van der Waals surface area contributed by atoms with E-state index in [1.54, 1.807) is 19.1 Å². The number of halogens is 3. The van der Waals surface area contributed by atoms with Crippen LogP contribution in [0.4, 0.5) is 18.3 Å². The number of hydrogen-bond donors (Lipinski definition) is 2. The zero-order valence-corrected chi connectivity index (χ0v) is 14.4. The lowest BCUT2D eigenvalue weighted by Crippen LogP contribution is -2.30. The Morgan fingerprint density at radius 2 is 1.73 bits per heavy atom. The molecule has 1 aromatic carbocycles. The predicted octanol–water partition coefficient (Wildman–Crippen LogP) is 2.72. The molecule has 137 valence electrons. The lowest BCUT2D eigenvalue weighted by molar-refractivity contribution is -0.141. The third-order valence-electron chi connectivity index (χ3n) is 3.35. The third kappa shape index (κ3) is 4.26. The van der Waals surface area contributed by atoms with Crippen LogP contribution in [0, 0.1) is 12.8 Å². The van der Waals surface area contributed by atoms with Crippen LogP contribution in [0.1, 0.15) is 33.4 Å². The Hall–Kier alpha value is -2.75. The SMILES string of the molecule is C[C](C(N)=O)C(=O)Nc1nc(C(F)(F)F)c(C(=O)c2ccc(C)cc2)s1. The molecule has 0 spiro atoms. The third-order valence-corrected chi connectivity index (χ3v) is 4.32. The summed E-state index contributed by atoms with van der Waals surface area (Å²) >= 11 is 0.373. The van der Waals surface area contributed by atoms with Gasteiger partial charge in [-0.15, -0.1) is 0 Å². The zero-order chi connectivity index (χ0) is 19.6. The molecule has 1 aromatic heterocycles. The number of thiazole rings is 1. The topological polar surface area (TPSA) is 102 Å². The van der Waals surface area contributed by atoms with Crippen LogP contribution in [-0.4, -0.2) is 22.6 Å². The minimum atomic E-state index is -4.89. The van der Waals surface area contributed by atoms with Crippen molar-refractivity contribution >= 4 is 34.1 Å². The van der Waals surface area contributed by atoms with Crippen molar-refractivity contribution in [3.63, 3.8) is 0 Å². The first-order valence-electron chi connectivity index (χ1n) is 7.14. The number of benzene rings is 1. The minimum Gasteiger partial charge on any atom is -0.369 e. The molecule has 1 heterocycles. The molecular weight excluding hydrogens is 371 g/mol. The molecule has 0 saturated heterocycles. The van der Waals surface area contributed by atoms with Gasteiger partial charge in [0.05, 0.1) is 0 Å². The van der Waals surface area contributed by atoms with E-state index in [1.165, 1.54) is 12.1 Å². The second-order valence-electron chi connectivity index (χ2n) is 5.33. The number of carbonyl (C=O) groups excluding carboxylic acids is 3. The van der Waals surface area contributed by atoms with E-state index in [1.807, 2.05) is 5.32 Å². The van der Waals surface area contributed by atoms with Crippen LogP contribution < -0.4 is 11.1 Å². The van der Waals surface area contributed by atoms with Crippen molar-refractivity contribution in [2.75, 3.05) is 5.32 Å². The van der Waals surface area contributed by atoms with Crippen LogP contribution in [-0.2, 0) is 15.8 Å². The van der Waals surface area contributed by atoms with Crippen LogP contribution in [0.15, 0.2) is 24.3 Å². The van der Waals surface area contributed by atoms with E-state index in [-0.39, 0.29) is 5.56 Å². The Morgan fingerprint density at radius 3 is 2.23 bits per heavy atom. The van der Waals surface area contributed by atoms with E-state index >= 15 is 0 Å². The molecule has 10 heteroatoms. The number of rotatable bonds is 5. The van der Waals surface area contributed by atoms with E-state index in [9.17, 15) is 27.6 Å². The maximum atomic E-state index is 13.2. The number of aromatic nitrogens is 1. The molecule has 0 saturated carbocycles. The normalized spacial score (nSPS) is 11.5. The number of aryl methyl sites for hydroxylation is 1. The first-order chi connectivity index (χ1) is 12.0. The highest BCUT2D eigenvalue weighted by atomic mass is 32.1. The summed E-state index contributed by atoms with van der Waals surface area (Å²) in [6.45, 7) is 2.89. The fraction of sp³-hybridized carbons (Fsp3) is 0.188. The van der Waals surface area contributed by atoms with E-state index in [0.29, 0.717) is 11.3 Å². The predicted molar refractivity (Wildman–Crippen MR) is 88.5 cm³/mol. The Labute approximate surface area is 150 Å². The first-order valence-corrected chi connectivity index (χ1v) is 7.96. The number of primary amides is 1. The number of hydrogen-bond acceptors (Lipinski definition) is 5. The van der Waals surface area contributed by atoms with Gasteiger partial charge in [-0.2, -0.15) is 13.2 Å². The number of carbonyl (C=O) groups is 3. The molecule has 0 aliphatic heterocycles. The average Bonchev–Trinajstić information content (AvgIpc) is 2.98. The summed E-state index contributed by atoms with van der Waals surface area (Å²) in [6, 6.07) is 5.99. The fourth-order valence-corrected chi connectivity index (χ4v) is 2.80. The summed E-state index contributed by atoms with van der Waals surface area (Å²) in [7, 11) is 0. The van der Waals surface area contributed by atoms with Gasteiger partial charge in [-0.3, -0.25) is 14.4 Å². The highest BCUT2D eigenvalue weighted by Crippen LogP contribution is 2.37. The van der Waals surface area contributed by atoms with E-state index in [4.69, 9.17) is 5.73 Å². The summed E-state index contributed by atoms with van der Waals surface area (Å²) in [4.78, 5) is 37.8. The standard InChI is InChI=1S/C16H13F3N3O3S/c1-7-3-5-9(6-4-7)10(23)11-12(16(17,18)19)21-15(26-11)22-14(25)8(2)13(20)24/h3-6H,1-2H3,(H2,20,24)(H,21,22,25). The quantitative estimate of drug-likeness (QED) is 0.611. The van der Waals surface area contributed by atoms with E-state index < -0.39 is 45.4 Å². The van der Waals surface area contributed by atoms with Gasteiger partial charge in [0.15, 0.2) is 10.8 Å². The molecule has 0 unspecified atom stereocenters. The monoisotopic (exact) mass is 384 g/mol. The molecule has 2 rings (SSSR count). The van der Waals surface area contributed by atoms with E-state index in [0.717, 1.165) is 12.5 Å². The molecule has 2 amide bonds. The van der Waals surface area contributed by atoms with Crippen LogP contribution in [0.5, 0.6) is 0 Å². The van der Waals surface area contributed by atoms with Gasteiger partial charge < -0.3 is 11.1 Å². The summed E-state index contributed by atoms with van der Waals surface area (Å²) < 4.78 is 39.7. The molecule has 26 heavy (non-hydrogen) atoms. The van der Waals surface area contributed by atoms with E-state index in [2.05, 4.69) is 4.98 Å². The Kier molecular flexibility index (Phi) is 5.45. The number of nitrogens with two attached hydrogens (primary N) is 1. The Morgan fingerprint density at radius 1 is 1.15 bits per heavy atom. The Balaban J connectivity index is 2.40. The van der Waals surface area contributed by atoms with Crippen molar-refractivity contribution in [2.45, 2.75) is 20.0 Å². The number of ketones is 1. The highest BCUT2D eigenvalue weighted by Gasteiger charge is 2.40. The molecule has 0 fully saturated rings. The second-order valence-corrected chi connectivity index (χ2v) is 6.33. The summed E-state index contributed by atoms with van der Waals surface area (Å²) in [5, 5.41) is 1.59. The number of anilines is 1. The number of amides is 2. The molecule has 0 atom stereocenters. The van der Waals surface area contributed by atoms with Crippen LogP contribution in [0.2, 0.25) is 0 Å². The maximum absolute atomic E-state index is 13.2. The van der Waals surface area contributed by atoms with Gasteiger partial charge in [0, 0.05) is 5.56 Å². The van der Waals surface area contributed by atoms with Crippen molar-refractivity contribution in [1.29, 1.82) is 0 Å². The van der Waals surface area contributed by atoms with Gasteiger partial charge in [0.25, 0.3) is 0 Å². The molecule has 2 aromatic rings. The Bertz CT molecular complexity index is 860. The summed E-state index contributed by atoms with van der Waals surface area (Å²) in [5.41, 5.74) is 4.44. The number of nitrogens with one attached hydrogen (secondary N) is 1. The number of nitrogens with zero attached hydrogens (tertiary/aromatic N) is 1. The molecule has 0 aliphatic rings. The molecule has 0 aliphatic carbocycles. The minimum absolute atomic E-state index is 0.0579. The van der Waals surface area contributed by atoms with Gasteiger partial charge in [-0.1, -0.05) is 41.2 Å². The lowest BCUT2D eigenvalue weighted by Gasteiger charge is -2.05. The van der Waals surface area contributed by atoms with Gasteiger partial charge in [0.2, 0.25) is 17.6 Å². The molecular formula is C16H13F3N3O3S. The second kappa shape index (κ2) is 7.24. The largest absolute Gasteiger partial charge is 0.435 e. The van der Waals surface area contributed by atoms with Crippen molar-refractivity contribution in [3.8, 4) is 0 Å². The molecule has 3 N–H and O–H groups in total. The summed E-state index contributed by atoms with van der Waals surface area (Å²) in [6.07, 6.45) is -4.89. The lowest BCUT2D eigenvalue weighted by atomic mass is 10.1. The molecule has 0 bridgehead atoms. The van der Waals surface area contributed by atoms with Crippen LogP contribution >= 0.6 is 11.3 Å². The van der Waals surface area contributed by atoms with Gasteiger partial charge >= 0.3 is 6.18 Å². The van der Waals surface area contributed by atoms with Crippen molar-refractivity contribution in [1.82, 2.24) is 4.98 Å². The number of alkyl halides is 3. The fourth-order valence-electron chi connectivity index (χ4n) is 1.86. The highest BCUT2D eigenvalue weighted by molar-refractivity contribution is 7.18. The zero-order valence-electron chi connectivity index (χ0n) is 13.6. The molecule has 1 radical (unpaired) electrons. The van der Waals surface area contributed by atoms with Gasteiger partial charge in [-0.05, 0) is 13.8 Å². The smallest absolute Gasteiger partial charge is 0.369 e. The van der Waals surface area contributed by atoms with Crippen molar-refractivity contribution in [3.05, 3.63) is 51.9 Å². The average molecular weight is 384 g/mol. The first kappa shape index (κ1) is 19.6. The van der Waals surface area contributed by atoms with Crippen molar-refractivity contribution in [2.24, 2.45) is 5.73 Å². The maximum Gasteiger partial charge on any atom is 0.435 e. The van der Waals surface area contributed by atoms with Crippen LogP contribution in [0.3, 0.4) is 0 Å². The molecule has 6 nitrogen and oxygen atoms in total. The van der Waals surface area contributed by atoms with Crippen LogP contribution in [0.25, 0.3) is 0 Å². The van der Waals surface area contributed by atoms with Gasteiger partial charge in [-0.25, -0.2) is 4.98 Å².